The second kappa shape index (κ2) is 6.85. The van der Waals surface area contributed by atoms with E-state index in [4.69, 9.17) is 14.7 Å². The van der Waals surface area contributed by atoms with E-state index in [0.29, 0.717) is 6.61 Å². The molecule has 1 aromatic rings. The van der Waals surface area contributed by atoms with Crippen LogP contribution in [0.4, 0.5) is 5.82 Å². The Morgan fingerprint density at radius 1 is 1.21 bits per heavy atom. The molecule has 0 bridgehead atoms. The number of nitrogens with zero attached hydrogens (tertiary/aromatic N) is 2. The molecular formula is C15H25N3O. The van der Waals surface area contributed by atoms with Gasteiger partial charge in [0.2, 0.25) is 0 Å². The van der Waals surface area contributed by atoms with Gasteiger partial charge >= 0.3 is 0 Å². The van der Waals surface area contributed by atoms with E-state index in [0.717, 1.165) is 37.3 Å². The van der Waals surface area contributed by atoms with Crippen LogP contribution in [0.2, 0.25) is 0 Å². The van der Waals surface area contributed by atoms with Crippen molar-refractivity contribution in [1.82, 2.24) is 9.97 Å². The highest BCUT2D eigenvalue weighted by Crippen LogP contribution is 2.28. The summed E-state index contributed by atoms with van der Waals surface area (Å²) < 4.78 is 5.81. The fraction of sp³-hybridized carbons (Fsp3) is 0.733. The molecule has 4 heteroatoms. The molecule has 1 aromatic heterocycles. The van der Waals surface area contributed by atoms with Crippen LogP contribution in [0.3, 0.4) is 0 Å². The number of aromatic nitrogens is 2. The predicted octanol–water partition coefficient (Wildman–Crippen LogP) is 3.27. The molecule has 1 aliphatic carbocycles. The molecule has 4 nitrogen and oxygen atoms in total. The van der Waals surface area contributed by atoms with Gasteiger partial charge in [0.15, 0.2) is 5.82 Å². The van der Waals surface area contributed by atoms with Crippen molar-refractivity contribution < 1.29 is 4.74 Å². The van der Waals surface area contributed by atoms with Gasteiger partial charge in [0, 0.05) is 24.9 Å². The summed E-state index contributed by atoms with van der Waals surface area (Å²) in [6, 6.07) is 0. The van der Waals surface area contributed by atoms with Crippen LogP contribution in [0.1, 0.15) is 62.7 Å². The SMILES string of the molecule is CCCC(OCC)c1nc2c(c(NC)n1)CCCC2. The maximum atomic E-state index is 5.81. The molecule has 1 heterocycles. The van der Waals surface area contributed by atoms with Crippen molar-refractivity contribution in [3.05, 3.63) is 17.1 Å². The van der Waals surface area contributed by atoms with Crippen molar-refractivity contribution in [1.29, 1.82) is 0 Å². The van der Waals surface area contributed by atoms with Crippen LogP contribution >= 0.6 is 0 Å². The highest BCUT2D eigenvalue weighted by atomic mass is 16.5. The monoisotopic (exact) mass is 263 g/mol. The number of anilines is 1. The molecule has 0 fully saturated rings. The summed E-state index contributed by atoms with van der Waals surface area (Å²) in [6.07, 6.45) is 6.75. The summed E-state index contributed by atoms with van der Waals surface area (Å²) in [5.74, 6) is 1.86. The fourth-order valence-corrected chi connectivity index (χ4v) is 2.71. The van der Waals surface area contributed by atoms with E-state index in [1.54, 1.807) is 0 Å². The largest absolute Gasteiger partial charge is 0.373 e. The Hall–Kier alpha value is -1.16. The highest BCUT2D eigenvalue weighted by molar-refractivity contribution is 5.47. The van der Waals surface area contributed by atoms with Crippen LogP contribution in [0.25, 0.3) is 0 Å². The average molecular weight is 263 g/mol. The van der Waals surface area contributed by atoms with Crippen molar-refractivity contribution in [3.8, 4) is 0 Å². The van der Waals surface area contributed by atoms with Gasteiger partial charge in [0.1, 0.15) is 11.9 Å². The third-order valence-corrected chi connectivity index (χ3v) is 3.64. The quantitative estimate of drug-likeness (QED) is 0.855. The van der Waals surface area contributed by atoms with Crippen LogP contribution < -0.4 is 5.32 Å². The number of nitrogens with one attached hydrogen (secondary N) is 1. The Balaban J connectivity index is 2.34. The Morgan fingerprint density at radius 2 is 2.00 bits per heavy atom. The molecule has 0 spiro atoms. The Bertz CT molecular complexity index is 397. The molecular weight excluding hydrogens is 238 g/mol. The van der Waals surface area contributed by atoms with E-state index < -0.39 is 0 Å². The zero-order chi connectivity index (χ0) is 13.7. The van der Waals surface area contributed by atoms with E-state index >= 15 is 0 Å². The lowest BCUT2D eigenvalue weighted by Crippen LogP contribution is -2.16. The number of fused-ring (bicyclic) bond motifs is 1. The first kappa shape index (κ1) is 14.3. The van der Waals surface area contributed by atoms with Crippen molar-refractivity contribution in [2.45, 2.75) is 58.5 Å². The molecule has 0 saturated heterocycles. The maximum Gasteiger partial charge on any atom is 0.159 e. The van der Waals surface area contributed by atoms with Crippen molar-refractivity contribution in [2.24, 2.45) is 0 Å². The van der Waals surface area contributed by atoms with E-state index in [9.17, 15) is 0 Å². The van der Waals surface area contributed by atoms with Crippen LogP contribution in [0, 0.1) is 0 Å². The average Bonchev–Trinajstić information content (AvgIpc) is 2.46. The molecule has 19 heavy (non-hydrogen) atoms. The first-order valence-electron chi connectivity index (χ1n) is 7.49. The molecule has 0 aromatic carbocycles. The van der Waals surface area contributed by atoms with Crippen LogP contribution in [-0.4, -0.2) is 23.6 Å². The minimum atomic E-state index is 0.0364. The highest BCUT2D eigenvalue weighted by Gasteiger charge is 2.21. The van der Waals surface area contributed by atoms with Gasteiger partial charge < -0.3 is 10.1 Å². The van der Waals surface area contributed by atoms with Crippen LogP contribution in [0.15, 0.2) is 0 Å². The molecule has 106 valence electrons. The minimum Gasteiger partial charge on any atom is -0.373 e. The van der Waals surface area contributed by atoms with E-state index in [2.05, 4.69) is 12.2 Å². The summed E-state index contributed by atoms with van der Waals surface area (Å²) in [6.45, 7) is 4.91. The minimum absolute atomic E-state index is 0.0364. The molecule has 1 unspecified atom stereocenters. The van der Waals surface area contributed by atoms with Gasteiger partial charge in [0.25, 0.3) is 0 Å². The second-order valence-corrected chi connectivity index (χ2v) is 5.05. The van der Waals surface area contributed by atoms with E-state index in [1.807, 2.05) is 14.0 Å². The number of hydrogen-bond donors (Lipinski definition) is 1. The second-order valence-electron chi connectivity index (χ2n) is 5.05. The molecule has 0 aliphatic heterocycles. The molecule has 1 N–H and O–H groups in total. The summed E-state index contributed by atoms with van der Waals surface area (Å²) in [4.78, 5) is 9.48. The number of ether oxygens (including phenoxy) is 1. The van der Waals surface area contributed by atoms with Crippen LogP contribution in [0.5, 0.6) is 0 Å². The fourth-order valence-electron chi connectivity index (χ4n) is 2.71. The molecule has 1 atom stereocenters. The Morgan fingerprint density at radius 3 is 2.68 bits per heavy atom. The van der Waals surface area contributed by atoms with Gasteiger partial charge in [-0.1, -0.05) is 13.3 Å². The standard InChI is InChI=1S/C15H25N3O/c1-4-8-13(19-5-2)15-17-12-10-7-6-9-11(12)14(16-3)18-15/h13H,4-10H2,1-3H3,(H,16,17,18). The Labute approximate surface area is 116 Å². The topological polar surface area (TPSA) is 47.0 Å². The number of aryl methyl sites for hydroxylation is 1. The van der Waals surface area contributed by atoms with Gasteiger partial charge in [-0.3, -0.25) is 0 Å². The maximum absolute atomic E-state index is 5.81. The molecule has 2 rings (SSSR count). The van der Waals surface area contributed by atoms with Gasteiger partial charge in [-0.05, 0) is 39.0 Å². The van der Waals surface area contributed by atoms with E-state index in [-0.39, 0.29) is 6.10 Å². The summed E-state index contributed by atoms with van der Waals surface area (Å²) in [7, 11) is 1.94. The zero-order valence-corrected chi connectivity index (χ0v) is 12.3. The Kier molecular flexibility index (Phi) is 5.14. The third-order valence-electron chi connectivity index (χ3n) is 3.64. The van der Waals surface area contributed by atoms with E-state index in [1.165, 1.54) is 24.1 Å². The van der Waals surface area contributed by atoms with Crippen molar-refractivity contribution >= 4 is 5.82 Å². The first-order valence-corrected chi connectivity index (χ1v) is 7.49. The van der Waals surface area contributed by atoms with Crippen LogP contribution in [-0.2, 0) is 17.6 Å². The number of rotatable bonds is 6. The van der Waals surface area contributed by atoms with Gasteiger partial charge in [-0.15, -0.1) is 0 Å². The lowest BCUT2D eigenvalue weighted by molar-refractivity contribution is 0.0492. The summed E-state index contributed by atoms with van der Waals surface area (Å²) in [5, 5.41) is 3.23. The normalized spacial score (nSPS) is 15.9. The van der Waals surface area contributed by atoms with Crippen molar-refractivity contribution in [3.63, 3.8) is 0 Å². The first-order chi connectivity index (χ1) is 9.30. The molecule has 0 saturated carbocycles. The number of hydrogen-bond acceptors (Lipinski definition) is 4. The molecule has 1 aliphatic rings. The zero-order valence-electron chi connectivity index (χ0n) is 12.3. The smallest absolute Gasteiger partial charge is 0.159 e. The lowest BCUT2D eigenvalue weighted by Gasteiger charge is -2.22. The predicted molar refractivity (Wildman–Crippen MR) is 77.5 cm³/mol. The van der Waals surface area contributed by atoms with Gasteiger partial charge in [0.05, 0.1) is 0 Å². The third kappa shape index (κ3) is 3.24. The molecule has 0 amide bonds. The lowest BCUT2D eigenvalue weighted by atomic mass is 9.96. The summed E-state index contributed by atoms with van der Waals surface area (Å²) in [5.41, 5.74) is 2.53. The summed E-state index contributed by atoms with van der Waals surface area (Å²) >= 11 is 0. The van der Waals surface area contributed by atoms with Crippen molar-refractivity contribution in [2.75, 3.05) is 19.0 Å². The van der Waals surface area contributed by atoms with Gasteiger partial charge in [-0.2, -0.15) is 0 Å². The van der Waals surface area contributed by atoms with Gasteiger partial charge in [-0.25, -0.2) is 9.97 Å². The molecule has 0 radical (unpaired) electrons.